The molecular weight excluding hydrogens is 654 g/mol. The number of benzene rings is 2. The van der Waals surface area contributed by atoms with Crippen LogP contribution in [0.4, 0.5) is 5.69 Å². The molecule has 4 aliphatic heterocycles. The lowest BCUT2D eigenvalue weighted by atomic mass is 9.74. The van der Waals surface area contributed by atoms with Crippen molar-refractivity contribution in [1.82, 2.24) is 10.2 Å². The first-order chi connectivity index (χ1) is 22.2. The SMILES string of the molecule is Cc1cccc(C)c1N1C/C=C\CCC(=O)NC[C@@H](c2ccccc2)OC(=O)[C@@H]2[C@H]3O[C@@]4(C=C3Br)[C@H](C1=O)N(CCCO)C(=O)[C@@H]24. The molecule has 11 heteroatoms. The molecule has 6 atom stereocenters. The van der Waals surface area contributed by atoms with Crippen molar-refractivity contribution in [2.75, 3.05) is 31.1 Å². The number of para-hydroxylation sites is 1. The zero-order valence-electron chi connectivity index (χ0n) is 25.9. The van der Waals surface area contributed by atoms with Gasteiger partial charge in [0, 0.05) is 36.3 Å². The molecule has 242 valence electrons. The summed E-state index contributed by atoms with van der Waals surface area (Å²) in [7, 11) is 0. The van der Waals surface area contributed by atoms with E-state index in [0.717, 1.165) is 16.8 Å². The lowest BCUT2D eigenvalue weighted by Crippen LogP contribution is -2.56. The number of amides is 3. The molecule has 0 unspecified atom stereocenters. The van der Waals surface area contributed by atoms with E-state index in [0.29, 0.717) is 16.5 Å². The minimum absolute atomic E-state index is 0.0569. The number of hydrogen-bond donors (Lipinski definition) is 2. The highest BCUT2D eigenvalue weighted by Gasteiger charge is 2.75. The molecule has 2 saturated heterocycles. The topological polar surface area (TPSA) is 125 Å². The van der Waals surface area contributed by atoms with E-state index in [1.54, 1.807) is 11.0 Å². The first-order valence-corrected chi connectivity index (χ1v) is 16.5. The van der Waals surface area contributed by atoms with Crippen LogP contribution in [0.5, 0.6) is 0 Å². The van der Waals surface area contributed by atoms with E-state index in [4.69, 9.17) is 9.47 Å². The number of cyclic esters (lactones) is 1. The summed E-state index contributed by atoms with van der Waals surface area (Å²) in [4.78, 5) is 59.4. The fourth-order valence-electron chi connectivity index (χ4n) is 7.34. The van der Waals surface area contributed by atoms with Crippen LogP contribution in [0.25, 0.3) is 0 Å². The second-order valence-electron chi connectivity index (χ2n) is 12.3. The van der Waals surface area contributed by atoms with Gasteiger partial charge in [0.15, 0.2) is 0 Å². The number of esters is 1. The Kier molecular flexibility index (Phi) is 9.18. The van der Waals surface area contributed by atoms with Crippen LogP contribution in [0.1, 0.15) is 42.1 Å². The van der Waals surface area contributed by atoms with Gasteiger partial charge < -0.3 is 29.7 Å². The first kappa shape index (κ1) is 32.2. The number of carbonyl (C=O) groups is 4. The summed E-state index contributed by atoms with van der Waals surface area (Å²) in [6.07, 6.45) is 4.78. The maximum absolute atomic E-state index is 15.0. The van der Waals surface area contributed by atoms with Gasteiger partial charge in [-0.15, -0.1) is 0 Å². The van der Waals surface area contributed by atoms with E-state index in [2.05, 4.69) is 21.2 Å². The molecule has 2 aromatic carbocycles. The molecule has 0 saturated carbocycles. The number of ether oxygens (including phenoxy) is 2. The van der Waals surface area contributed by atoms with Crippen molar-refractivity contribution in [3.63, 3.8) is 0 Å². The van der Waals surface area contributed by atoms with E-state index < -0.39 is 47.6 Å². The molecule has 2 fully saturated rings. The number of nitrogens with zero attached hydrogens (tertiary/aromatic N) is 2. The molecule has 2 N–H and O–H groups in total. The maximum Gasteiger partial charge on any atom is 0.313 e. The largest absolute Gasteiger partial charge is 0.455 e. The third-order valence-electron chi connectivity index (χ3n) is 9.37. The van der Waals surface area contributed by atoms with E-state index in [-0.39, 0.29) is 50.9 Å². The zero-order chi connectivity index (χ0) is 32.6. The Morgan fingerprint density at radius 3 is 2.46 bits per heavy atom. The van der Waals surface area contributed by atoms with Crippen LogP contribution in [-0.4, -0.2) is 77.7 Å². The number of fused-ring (bicyclic) bond motifs is 2. The van der Waals surface area contributed by atoms with Crippen molar-refractivity contribution in [1.29, 1.82) is 0 Å². The Morgan fingerprint density at radius 1 is 1.00 bits per heavy atom. The number of likely N-dealkylation sites (tertiary alicyclic amines) is 1. The number of aliphatic hydroxyl groups is 1. The second kappa shape index (κ2) is 13.1. The van der Waals surface area contributed by atoms with Crippen molar-refractivity contribution in [3.8, 4) is 0 Å². The van der Waals surface area contributed by atoms with Crippen molar-refractivity contribution < 1.29 is 33.8 Å². The molecule has 6 rings (SSSR count). The molecule has 4 heterocycles. The smallest absolute Gasteiger partial charge is 0.313 e. The van der Waals surface area contributed by atoms with Gasteiger partial charge in [0.2, 0.25) is 11.8 Å². The number of allylic oxidation sites excluding steroid dienone is 1. The van der Waals surface area contributed by atoms with Gasteiger partial charge in [-0.25, -0.2) is 0 Å². The Balaban J connectivity index is 1.47. The molecule has 4 aliphatic rings. The van der Waals surface area contributed by atoms with Gasteiger partial charge in [-0.05, 0) is 49.5 Å². The molecule has 10 nitrogen and oxygen atoms in total. The number of aryl methyl sites for hydroxylation is 2. The summed E-state index contributed by atoms with van der Waals surface area (Å²) in [6.45, 7) is 4.05. The number of anilines is 1. The average molecular weight is 693 g/mol. The molecule has 2 aromatic rings. The van der Waals surface area contributed by atoms with Gasteiger partial charge in [-0.3, -0.25) is 19.2 Å². The predicted octanol–water partition coefficient (Wildman–Crippen LogP) is 3.64. The molecular formula is C35H38BrN3O7. The number of nitrogens with one attached hydrogen (secondary N) is 1. The van der Waals surface area contributed by atoms with Crippen LogP contribution >= 0.6 is 15.9 Å². The predicted molar refractivity (Wildman–Crippen MR) is 174 cm³/mol. The van der Waals surface area contributed by atoms with Gasteiger partial charge in [0.1, 0.15) is 29.8 Å². The third kappa shape index (κ3) is 5.58. The van der Waals surface area contributed by atoms with Gasteiger partial charge in [-0.1, -0.05) is 76.6 Å². The molecule has 3 amide bonds. The first-order valence-electron chi connectivity index (χ1n) is 15.7. The van der Waals surface area contributed by atoms with Gasteiger partial charge in [0.05, 0.1) is 12.5 Å². The molecule has 0 aliphatic carbocycles. The lowest BCUT2D eigenvalue weighted by molar-refractivity contribution is -0.159. The Hall–Kier alpha value is -3.80. The monoisotopic (exact) mass is 691 g/mol. The Labute approximate surface area is 276 Å². The standard InChI is InChI=1S/C35H38BrN3O7/c1-21-11-9-12-22(2)29(21)38-16-8-4-7-15-26(41)37-20-25(23-13-5-3-6-14-23)45-34(44)27-28-32(42)39(17-10-18-40)31(33(38)43)35(28)19-24(36)30(27)46-35/h3-6,8-9,11-14,19,25,27-28,30-31,40H,7,10,15-18,20H2,1-2H3,(H,37,41)/b8-4-/t25-,27-,28+,30-,31-,35+/m0/s1. The third-order valence-corrected chi connectivity index (χ3v) is 10.1. The molecule has 1 spiro atoms. The van der Waals surface area contributed by atoms with Crippen molar-refractivity contribution >= 4 is 45.3 Å². The maximum atomic E-state index is 15.0. The number of halogens is 1. The highest BCUT2D eigenvalue weighted by molar-refractivity contribution is 9.11. The van der Waals surface area contributed by atoms with Gasteiger partial charge in [0.25, 0.3) is 5.91 Å². The van der Waals surface area contributed by atoms with E-state index in [1.807, 2.05) is 74.5 Å². The van der Waals surface area contributed by atoms with E-state index in [1.165, 1.54) is 4.90 Å². The number of rotatable bonds is 5. The normalized spacial score (nSPS) is 30.6. The highest BCUT2D eigenvalue weighted by Crippen LogP contribution is 2.59. The summed E-state index contributed by atoms with van der Waals surface area (Å²) in [5.41, 5.74) is 1.75. The Bertz CT molecular complexity index is 1570. The Morgan fingerprint density at radius 2 is 1.74 bits per heavy atom. The van der Waals surface area contributed by atoms with Crippen molar-refractivity contribution in [2.45, 2.75) is 57.0 Å². The van der Waals surface area contributed by atoms with E-state index >= 15 is 0 Å². The molecule has 0 radical (unpaired) electrons. The van der Waals surface area contributed by atoms with Crippen LogP contribution in [0, 0.1) is 25.7 Å². The summed E-state index contributed by atoms with van der Waals surface area (Å²) in [6, 6.07) is 13.8. The number of carbonyl (C=O) groups excluding carboxylic acids is 4. The quantitative estimate of drug-likeness (QED) is 0.362. The molecule has 5 bridgehead atoms. The zero-order valence-corrected chi connectivity index (χ0v) is 27.4. The van der Waals surface area contributed by atoms with Crippen LogP contribution in [0.2, 0.25) is 0 Å². The summed E-state index contributed by atoms with van der Waals surface area (Å²) in [5, 5.41) is 12.6. The van der Waals surface area contributed by atoms with Gasteiger partial charge >= 0.3 is 5.97 Å². The van der Waals surface area contributed by atoms with Crippen LogP contribution in [0.3, 0.4) is 0 Å². The highest BCUT2D eigenvalue weighted by atomic mass is 79.9. The van der Waals surface area contributed by atoms with Crippen LogP contribution in [0.15, 0.2) is 71.2 Å². The number of hydrogen-bond acceptors (Lipinski definition) is 7. The molecule has 46 heavy (non-hydrogen) atoms. The second-order valence-corrected chi connectivity index (χ2v) is 13.2. The van der Waals surface area contributed by atoms with Crippen molar-refractivity contribution in [2.24, 2.45) is 11.8 Å². The summed E-state index contributed by atoms with van der Waals surface area (Å²) in [5.74, 6) is -3.65. The van der Waals surface area contributed by atoms with E-state index in [9.17, 15) is 24.3 Å². The fraction of sp³-hybridized carbons (Fsp3) is 0.429. The fourth-order valence-corrected chi connectivity index (χ4v) is 8.07. The number of aliphatic hydroxyl groups excluding tert-OH is 1. The van der Waals surface area contributed by atoms with Gasteiger partial charge in [-0.2, -0.15) is 0 Å². The van der Waals surface area contributed by atoms with Crippen LogP contribution in [-0.2, 0) is 28.7 Å². The lowest BCUT2D eigenvalue weighted by Gasteiger charge is -2.36. The minimum Gasteiger partial charge on any atom is -0.455 e. The summed E-state index contributed by atoms with van der Waals surface area (Å²) >= 11 is 3.59. The average Bonchev–Trinajstić information content (AvgIpc) is 3.63. The molecule has 0 aromatic heterocycles. The van der Waals surface area contributed by atoms with Crippen molar-refractivity contribution in [3.05, 3.63) is 87.9 Å². The van der Waals surface area contributed by atoms with Crippen LogP contribution < -0.4 is 10.2 Å². The minimum atomic E-state index is -1.43. The summed E-state index contributed by atoms with van der Waals surface area (Å²) < 4.78 is 13.3.